The summed E-state index contributed by atoms with van der Waals surface area (Å²) < 4.78 is 32.5. The first-order valence-electron chi connectivity index (χ1n) is 10.1. The number of nitrogens with zero attached hydrogens (tertiary/aromatic N) is 2. The molecule has 176 valence electrons. The highest BCUT2D eigenvalue weighted by molar-refractivity contribution is 6.30. The van der Waals surface area contributed by atoms with Crippen LogP contribution in [-0.4, -0.2) is 50.4 Å². The smallest absolute Gasteiger partial charge is 0.264 e. The molecule has 0 aliphatic rings. The topological polar surface area (TPSA) is 120 Å². The minimum atomic E-state index is -2.77. The van der Waals surface area contributed by atoms with Crippen LogP contribution in [-0.2, 0) is 0 Å². The van der Waals surface area contributed by atoms with Crippen molar-refractivity contribution >= 4 is 34.2 Å². The molecule has 0 saturated heterocycles. The first-order valence-corrected chi connectivity index (χ1v) is 10.5. The van der Waals surface area contributed by atoms with E-state index in [2.05, 4.69) is 20.3 Å². The number of carbonyl (C=O) groups is 1. The number of ether oxygens (including phenoxy) is 1. The van der Waals surface area contributed by atoms with E-state index in [1.165, 1.54) is 30.6 Å². The fourth-order valence-corrected chi connectivity index (χ4v) is 3.44. The van der Waals surface area contributed by atoms with Crippen LogP contribution in [0.15, 0.2) is 54.9 Å². The van der Waals surface area contributed by atoms with Gasteiger partial charge in [0.2, 0.25) is 0 Å². The van der Waals surface area contributed by atoms with Crippen molar-refractivity contribution in [2.45, 2.75) is 12.5 Å². The lowest BCUT2D eigenvalue weighted by atomic mass is 10.1. The number of benzene rings is 2. The van der Waals surface area contributed by atoms with E-state index >= 15 is 0 Å². The molecule has 11 heteroatoms. The van der Waals surface area contributed by atoms with E-state index < -0.39 is 25.0 Å². The van der Waals surface area contributed by atoms with Crippen LogP contribution in [0.4, 0.5) is 14.5 Å². The summed E-state index contributed by atoms with van der Waals surface area (Å²) in [4.78, 5) is 24.3. The minimum absolute atomic E-state index is 0.113. The molecule has 0 bridgehead atoms. The minimum Gasteiger partial charge on any atom is -0.491 e. The Morgan fingerprint density at radius 3 is 2.79 bits per heavy atom. The molecule has 1 amide bonds. The van der Waals surface area contributed by atoms with E-state index in [1.807, 2.05) is 0 Å². The van der Waals surface area contributed by atoms with Crippen LogP contribution >= 0.6 is 11.6 Å². The number of H-pyrrole nitrogens is 1. The molecule has 2 aromatic heterocycles. The normalized spacial score (nSPS) is 12.2. The standard InChI is InChI=1S/C23H19ClF2N4O4/c24-12-4-5-16(17(6-12)21(25)26)22-29-19-9-27-8-18(20(19)30-22)23(33)28-13-2-1-3-15(7-13)34-11-14(32)10-31/h1-9,14,21,31-32H,10-11H2,(H,28,33)(H,29,30)/t14-/m0/s1. The van der Waals surface area contributed by atoms with Gasteiger partial charge in [-0.1, -0.05) is 17.7 Å². The summed E-state index contributed by atoms with van der Waals surface area (Å²) in [6.45, 7) is -0.549. The summed E-state index contributed by atoms with van der Waals surface area (Å²) in [6, 6.07) is 10.6. The van der Waals surface area contributed by atoms with Gasteiger partial charge in [-0.3, -0.25) is 9.78 Å². The van der Waals surface area contributed by atoms with Gasteiger partial charge in [-0.05, 0) is 30.3 Å². The molecule has 34 heavy (non-hydrogen) atoms. The fraction of sp³-hybridized carbons (Fsp3) is 0.174. The maximum absolute atomic E-state index is 13.5. The Balaban J connectivity index is 1.61. The van der Waals surface area contributed by atoms with Crippen molar-refractivity contribution in [3.63, 3.8) is 0 Å². The number of amides is 1. The zero-order chi connectivity index (χ0) is 24.2. The summed E-state index contributed by atoms with van der Waals surface area (Å²) >= 11 is 5.87. The second-order valence-corrected chi connectivity index (χ2v) is 7.77. The number of aliphatic hydroxyl groups is 2. The third-order valence-corrected chi connectivity index (χ3v) is 5.12. The Morgan fingerprint density at radius 2 is 2.03 bits per heavy atom. The van der Waals surface area contributed by atoms with Gasteiger partial charge >= 0.3 is 0 Å². The number of rotatable bonds is 8. The third-order valence-electron chi connectivity index (χ3n) is 4.89. The molecule has 8 nitrogen and oxygen atoms in total. The summed E-state index contributed by atoms with van der Waals surface area (Å²) in [5, 5.41) is 21.2. The molecule has 0 fully saturated rings. The lowest BCUT2D eigenvalue weighted by molar-refractivity contribution is 0.0536. The lowest BCUT2D eigenvalue weighted by Crippen LogP contribution is -2.21. The number of carbonyl (C=O) groups excluding carboxylic acids is 1. The molecule has 0 aliphatic carbocycles. The quantitative estimate of drug-likeness (QED) is 0.295. The number of aromatic nitrogens is 3. The van der Waals surface area contributed by atoms with Gasteiger partial charge in [-0.2, -0.15) is 0 Å². The molecule has 0 unspecified atom stereocenters. The van der Waals surface area contributed by atoms with Crippen LogP contribution in [0.1, 0.15) is 22.3 Å². The summed E-state index contributed by atoms with van der Waals surface area (Å²) in [7, 11) is 0. The molecular weight excluding hydrogens is 470 g/mol. The van der Waals surface area contributed by atoms with E-state index in [0.29, 0.717) is 17.0 Å². The molecule has 1 atom stereocenters. The molecule has 0 spiro atoms. The summed E-state index contributed by atoms with van der Waals surface area (Å²) in [6.07, 6.45) is -1.02. The Kier molecular flexibility index (Phi) is 7.01. The van der Waals surface area contributed by atoms with Crippen LogP contribution < -0.4 is 10.1 Å². The van der Waals surface area contributed by atoms with Crippen molar-refractivity contribution in [3.8, 4) is 17.1 Å². The Hall–Kier alpha value is -3.60. The molecule has 2 aromatic carbocycles. The van der Waals surface area contributed by atoms with E-state index in [1.54, 1.807) is 24.3 Å². The van der Waals surface area contributed by atoms with Crippen LogP contribution in [0.3, 0.4) is 0 Å². The number of alkyl halides is 2. The van der Waals surface area contributed by atoms with Crippen LogP contribution in [0.5, 0.6) is 5.75 Å². The number of aromatic amines is 1. The molecule has 0 aliphatic heterocycles. The number of halogens is 3. The average molecular weight is 489 g/mol. The zero-order valence-corrected chi connectivity index (χ0v) is 18.3. The lowest BCUT2D eigenvalue weighted by Gasteiger charge is -2.11. The second kappa shape index (κ2) is 10.1. The Morgan fingerprint density at radius 1 is 1.21 bits per heavy atom. The predicted molar refractivity (Wildman–Crippen MR) is 122 cm³/mol. The number of fused-ring (bicyclic) bond motifs is 1. The van der Waals surface area contributed by atoms with E-state index in [-0.39, 0.29) is 39.7 Å². The van der Waals surface area contributed by atoms with E-state index in [9.17, 15) is 18.7 Å². The van der Waals surface area contributed by atoms with Crippen molar-refractivity contribution < 1.29 is 28.5 Å². The van der Waals surface area contributed by atoms with E-state index in [0.717, 1.165) is 0 Å². The highest BCUT2D eigenvalue weighted by Gasteiger charge is 2.20. The maximum atomic E-state index is 13.5. The number of anilines is 1. The first kappa shape index (κ1) is 23.6. The van der Waals surface area contributed by atoms with Gasteiger partial charge in [-0.25, -0.2) is 13.8 Å². The number of aliphatic hydroxyl groups excluding tert-OH is 2. The molecule has 4 aromatic rings. The Bertz CT molecular complexity index is 1330. The van der Waals surface area contributed by atoms with Gasteiger partial charge in [0.25, 0.3) is 12.3 Å². The highest BCUT2D eigenvalue weighted by Crippen LogP contribution is 2.33. The molecule has 0 radical (unpaired) electrons. The van der Waals surface area contributed by atoms with Crippen LogP contribution in [0.2, 0.25) is 5.02 Å². The van der Waals surface area contributed by atoms with E-state index in [4.69, 9.17) is 21.4 Å². The number of imidazole rings is 1. The fourth-order valence-electron chi connectivity index (χ4n) is 3.26. The second-order valence-electron chi connectivity index (χ2n) is 7.33. The first-order chi connectivity index (χ1) is 16.4. The van der Waals surface area contributed by atoms with Crippen LogP contribution in [0.25, 0.3) is 22.4 Å². The number of pyridine rings is 1. The molecule has 0 saturated carbocycles. The largest absolute Gasteiger partial charge is 0.491 e. The average Bonchev–Trinajstić information content (AvgIpc) is 3.26. The molecule has 4 N–H and O–H groups in total. The third kappa shape index (κ3) is 5.14. The Labute approximate surface area is 197 Å². The number of nitrogens with one attached hydrogen (secondary N) is 2. The van der Waals surface area contributed by atoms with Gasteiger partial charge in [0.05, 0.1) is 23.9 Å². The number of hydrogen-bond acceptors (Lipinski definition) is 6. The zero-order valence-electron chi connectivity index (χ0n) is 17.5. The molecule has 2 heterocycles. The van der Waals surface area contributed by atoms with Crippen LogP contribution in [0, 0.1) is 0 Å². The van der Waals surface area contributed by atoms with Crippen molar-refractivity contribution in [1.29, 1.82) is 0 Å². The SMILES string of the molecule is O=C(Nc1cccc(OC[C@@H](O)CO)c1)c1cncc2[nH]c(-c3ccc(Cl)cc3C(F)F)nc12. The van der Waals surface area contributed by atoms with Crippen molar-refractivity contribution in [3.05, 3.63) is 71.0 Å². The van der Waals surface area contributed by atoms with Gasteiger partial charge < -0.3 is 25.3 Å². The van der Waals surface area contributed by atoms with Crippen molar-refractivity contribution in [2.24, 2.45) is 0 Å². The van der Waals surface area contributed by atoms with Gasteiger partial charge in [0, 0.05) is 34.1 Å². The van der Waals surface area contributed by atoms with Gasteiger partial charge in [-0.15, -0.1) is 0 Å². The van der Waals surface area contributed by atoms with Gasteiger partial charge in [0.15, 0.2) is 0 Å². The summed E-state index contributed by atoms with van der Waals surface area (Å²) in [5.41, 5.74) is 1.08. The van der Waals surface area contributed by atoms with Crippen molar-refractivity contribution in [1.82, 2.24) is 15.0 Å². The monoisotopic (exact) mass is 488 g/mol. The number of hydrogen-bond donors (Lipinski definition) is 4. The molecule has 4 rings (SSSR count). The summed E-state index contributed by atoms with van der Waals surface area (Å²) in [5.74, 6) is 0.0155. The maximum Gasteiger partial charge on any atom is 0.264 e. The predicted octanol–water partition coefficient (Wildman–Crippen LogP) is 4.20. The molecular formula is C23H19ClF2N4O4. The highest BCUT2D eigenvalue weighted by atomic mass is 35.5. The van der Waals surface area contributed by atoms with Crippen molar-refractivity contribution in [2.75, 3.05) is 18.5 Å². The van der Waals surface area contributed by atoms with Gasteiger partial charge in [0.1, 0.15) is 29.8 Å².